The highest BCUT2D eigenvalue weighted by molar-refractivity contribution is 6.08. The van der Waals surface area contributed by atoms with Crippen LogP contribution in [0.25, 0.3) is 11.6 Å². The molecule has 138 valence electrons. The van der Waals surface area contributed by atoms with E-state index in [-0.39, 0.29) is 23.8 Å². The number of rotatable bonds is 2. The SMILES string of the molecule is O=C(C=C1CCNCc2[nH]c3c(c21)C(=O)CC=C3)NC1CCC(O)CC1. The minimum Gasteiger partial charge on any atom is -0.393 e. The summed E-state index contributed by atoms with van der Waals surface area (Å²) in [7, 11) is 0. The van der Waals surface area contributed by atoms with Crippen LogP contribution in [-0.2, 0) is 11.3 Å². The second kappa shape index (κ2) is 7.21. The number of aliphatic hydroxyl groups excluding tert-OH is 1. The van der Waals surface area contributed by atoms with Gasteiger partial charge in [-0.2, -0.15) is 0 Å². The number of nitrogens with one attached hydrogen (secondary N) is 3. The number of aromatic nitrogens is 1. The number of hydrogen-bond donors (Lipinski definition) is 4. The normalized spacial score (nSPS) is 27.0. The van der Waals surface area contributed by atoms with Crippen LogP contribution in [0.5, 0.6) is 0 Å². The summed E-state index contributed by atoms with van der Waals surface area (Å²) in [5, 5.41) is 16.0. The Hall–Kier alpha value is -2.18. The number of amides is 1. The lowest BCUT2D eigenvalue weighted by atomic mass is 9.91. The van der Waals surface area contributed by atoms with Crippen molar-refractivity contribution in [3.05, 3.63) is 34.7 Å². The van der Waals surface area contributed by atoms with Crippen molar-refractivity contribution in [2.75, 3.05) is 6.54 Å². The molecule has 6 nitrogen and oxygen atoms in total. The quantitative estimate of drug-likeness (QED) is 0.610. The molecule has 1 amide bonds. The largest absolute Gasteiger partial charge is 0.393 e. The Morgan fingerprint density at radius 3 is 2.85 bits per heavy atom. The van der Waals surface area contributed by atoms with Crippen molar-refractivity contribution in [2.45, 2.75) is 57.2 Å². The molecule has 0 spiro atoms. The number of aromatic amines is 1. The number of H-pyrrole nitrogens is 1. The minimum atomic E-state index is -0.234. The Balaban J connectivity index is 1.60. The number of allylic oxidation sites excluding steroid dienone is 1. The first-order chi connectivity index (χ1) is 12.6. The highest BCUT2D eigenvalue weighted by Crippen LogP contribution is 2.34. The van der Waals surface area contributed by atoms with E-state index in [2.05, 4.69) is 15.6 Å². The highest BCUT2D eigenvalue weighted by atomic mass is 16.3. The molecule has 2 heterocycles. The maximum Gasteiger partial charge on any atom is 0.244 e. The van der Waals surface area contributed by atoms with E-state index in [0.717, 1.165) is 60.3 Å². The number of fused-ring (bicyclic) bond motifs is 3. The van der Waals surface area contributed by atoms with E-state index in [1.165, 1.54) is 0 Å². The van der Waals surface area contributed by atoms with Gasteiger partial charge in [0.2, 0.25) is 5.91 Å². The lowest BCUT2D eigenvalue weighted by molar-refractivity contribution is -0.117. The molecule has 2 aliphatic carbocycles. The van der Waals surface area contributed by atoms with Crippen LogP contribution in [0.15, 0.2) is 12.2 Å². The van der Waals surface area contributed by atoms with E-state index in [9.17, 15) is 14.7 Å². The summed E-state index contributed by atoms with van der Waals surface area (Å²) in [5.41, 5.74) is 4.38. The summed E-state index contributed by atoms with van der Waals surface area (Å²) in [6.45, 7) is 1.44. The van der Waals surface area contributed by atoms with Gasteiger partial charge in [-0.05, 0) is 50.3 Å². The van der Waals surface area contributed by atoms with Crippen molar-refractivity contribution < 1.29 is 14.7 Å². The Morgan fingerprint density at radius 1 is 1.23 bits per heavy atom. The number of carbonyl (C=O) groups excluding carboxylic acids is 2. The predicted molar refractivity (Wildman–Crippen MR) is 99.5 cm³/mol. The van der Waals surface area contributed by atoms with Gasteiger partial charge in [0, 0.05) is 42.0 Å². The number of ketones is 1. The van der Waals surface area contributed by atoms with Gasteiger partial charge in [0.15, 0.2) is 5.78 Å². The molecule has 0 aromatic carbocycles. The zero-order chi connectivity index (χ0) is 18.1. The summed E-state index contributed by atoms with van der Waals surface area (Å²) >= 11 is 0. The molecule has 26 heavy (non-hydrogen) atoms. The Morgan fingerprint density at radius 2 is 2.04 bits per heavy atom. The molecule has 1 aromatic rings. The van der Waals surface area contributed by atoms with Gasteiger partial charge in [-0.3, -0.25) is 9.59 Å². The molecule has 0 saturated heterocycles. The van der Waals surface area contributed by atoms with E-state index in [1.54, 1.807) is 6.08 Å². The van der Waals surface area contributed by atoms with Gasteiger partial charge in [0.25, 0.3) is 0 Å². The summed E-state index contributed by atoms with van der Waals surface area (Å²) in [6.07, 6.45) is 9.48. The average molecular weight is 355 g/mol. The molecule has 3 aliphatic rings. The molecular formula is C20H25N3O3. The maximum atomic E-state index is 12.6. The Labute approximate surface area is 152 Å². The van der Waals surface area contributed by atoms with E-state index in [4.69, 9.17) is 0 Å². The zero-order valence-corrected chi connectivity index (χ0v) is 14.8. The van der Waals surface area contributed by atoms with Gasteiger partial charge in [-0.25, -0.2) is 0 Å². The molecule has 1 saturated carbocycles. The summed E-state index contributed by atoms with van der Waals surface area (Å²) in [5.74, 6) is -0.00235. The van der Waals surface area contributed by atoms with Crippen LogP contribution in [-0.4, -0.2) is 40.5 Å². The molecule has 1 aliphatic heterocycles. The fraction of sp³-hybridized carbons (Fsp3) is 0.500. The molecule has 1 fully saturated rings. The third kappa shape index (κ3) is 3.39. The van der Waals surface area contributed by atoms with Crippen LogP contribution in [0.3, 0.4) is 0 Å². The second-order valence-corrected chi connectivity index (χ2v) is 7.41. The Kier molecular flexibility index (Phi) is 4.78. The van der Waals surface area contributed by atoms with Crippen LogP contribution in [0.2, 0.25) is 0 Å². The molecule has 0 unspecified atom stereocenters. The van der Waals surface area contributed by atoms with Gasteiger partial charge in [-0.1, -0.05) is 6.08 Å². The zero-order valence-electron chi connectivity index (χ0n) is 14.8. The highest BCUT2D eigenvalue weighted by Gasteiger charge is 2.27. The first kappa shape index (κ1) is 17.2. The topological polar surface area (TPSA) is 94.2 Å². The van der Waals surface area contributed by atoms with E-state index < -0.39 is 0 Å². The van der Waals surface area contributed by atoms with Gasteiger partial charge in [0.05, 0.1) is 11.7 Å². The fourth-order valence-electron chi connectivity index (χ4n) is 4.19. The summed E-state index contributed by atoms with van der Waals surface area (Å²) in [4.78, 5) is 28.4. The van der Waals surface area contributed by atoms with Crippen LogP contribution >= 0.6 is 0 Å². The summed E-state index contributed by atoms with van der Waals surface area (Å²) in [6, 6.07) is 0.121. The number of carbonyl (C=O) groups is 2. The number of hydrogen-bond acceptors (Lipinski definition) is 4. The number of aliphatic hydroxyl groups is 1. The summed E-state index contributed by atoms with van der Waals surface area (Å²) < 4.78 is 0. The third-order valence-electron chi connectivity index (χ3n) is 5.52. The molecule has 0 radical (unpaired) electrons. The molecule has 4 rings (SSSR count). The molecule has 4 N–H and O–H groups in total. The van der Waals surface area contributed by atoms with Crippen LogP contribution < -0.4 is 10.6 Å². The molecule has 1 aromatic heterocycles. The van der Waals surface area contributed by atoms with Crippen molar-refractivity contribution in [2.24, 2.45) is 0 Å². The Bertz CT molecular complexity index is 782. The van der Waals surface area contributed by atoms with Gasteiger partial charge in [-0.15, -0.1) is 0 Å². The first-order valence-electron chi connectivity index (χ1n) is 9.46. The molecular weight excluding hydrogens is 330 g/mol. The fourth-order valence-corrected chi connectivity index (χ4v) is 4.19. The molecule has 0 bridgehead atoms. The minimum absolute atomic E-state index is 0.106. The predicted octanol–water partition coefficient (Wildman–Crippen LogP) is 1.91. The molecule has 0 atom stereocenters. The third-order valence-corrected chi connectivity index (χ3v) is 5.52. The van der Waals surface area contributed by atoms with Gasteiger partial charge in [0.1, 0.15) is 0 Å². The standard InChI is InChI=1S/C20H25N3O3/c24-14-6-4-13(5-7-14)22-18(26)10-12-8-9-21-11-16-19(12)20-15(23-16)2-1-3-17(20)25/h1-2,10,13-14,21,23-24H,3-9,11H2,(H,22,26). The lowest BCUT2D eigenvalue weighted by Gasteiger charge is -2.25. The smallest absolute Gasteiger partial charge is 0.244 e. The van der Waals surface area contributed by atoms with E-state index >= 15 is 0 Å². The first-order valence-corrected chi connectivity index (χ1v) is 9.46. The van der Waals surface area contributed by atoms with Crippen molar-refractivity contribution in [3.63, 3.8) is 0 Å². The second-order valence-electron chi connectivity index (χ2n) is 7.41. The van der Waals surface area contributed by atoms with Gasteiger partial charge < -0.3 is 20.7 Å². The van der Waals surface area contributed by atoms with Crippen molar-refractivity contribution in [3.8, 4) is 0 Å². The number of Topliss-reactive ketones (excluding diaryl/α,β-unsaturated/α-hetero) is 1. The van der Waals surface area contributed by atoms with E-state index in [1.807, 2.05) is 12.2 Å². The van der Waals surface area contributed by atoms with Gasteiger partial charge >= 0.3 is 0 Å². The van der Waals surface area contributed by atoms with Crippen molar-refractivity contribution in [1.29, 1.82) is 0 Å². The van der Waals surface area contributed by atoms with Crippen molar-refractivity contribution in [1.82, 2.24) is 15.6 Å². The lowest BCUT2D eigenvalue weighted by Crippen LogP contribution is -2.37. The molecule has 6 heteroatoms. The van der Waals surface area contributed by atoms with Crippen LogP contribution in [0.4, 0.5) is 0 Å². The average Bonchev–Trinajstić information content (AvgIpc) is 2.89. The van der Waals surface area contributed by atoms with Crippen LogP contribution in [0, 0.1) is 0 Å². The van der Waals surface area contributed by atoms with Crippen LogP contribution in [0.1, 0.15) is 65.8 Å². The van der Waals surface area contributed by atoms with Crippen molar-refractivity contribution >= 4 is 23.3 Å². The maximum absolute atomic E-state index is 12.6. The van der Waals surface area contributed by atoms with E-state index in [0.29, 0.717) is 19.4 Å². The monoisotopic (exact) mass is 355 g/mol.